The van der Waals surface area contributed by atoms with Gasteiger partial charge in [0.05, 0.1) is 13.7 Å². The second kappa shape index (κ2) is 8.86. The van der Waals surface area contributed by atoms with Crippen LogP contribution in [0.4, 0.5) is 10.1 Å². The molecule has 0 radical (unpaired) electrons. The van der Waals surface area contributed by atoms with Gasteiger partial charge in [-0.25, -0.2) is 4.39 Å². The average molecular weight is 371 g/mol. The van der Waals surface area contributed by atoms with Crippen LogP contribution in [-0.4, -0.2) is 62.6 Å². The topological polar surface area (TPSA) is 36.0 Å². The third-order valence-corrected chi connectivity index (χ3v) is 4.87. The third kappa shape index (κ3) is 4.98. The fraction of sp³-hybridized carbons (Fsp3) is 0.381. The molecule has 2 aromatic carbocycles. The second-order valence-electron chi connectivity index (χ2n) is 6.83. The van der Waals surface area contributed by atoms with Crippen LogP contribution in [-0.2, 0) is 11.3 Å². The summed E-state index contributed by atoms with van der Waals surface area (Å²) in [5, 5.41) is 0. The molecule has 1 aliphatic heterocycles. The minimum atomic E-state index is -0.232. The molecule has 0 atom stereocenters. The number of ether oxygens (including phenoxy) is 1. The van der Waals surface area contributed by atoms with E-state index in [0.29, 0.717) is 25.2 Å². The van der Waals surface area contributed by atoms with Crippen LogP contribution in [0.5, 0.6) is 5.75 Å². The Hall–Kier alpha value is -2.60. The first kappa shape index (κ1) is 19.2. The molecule has 0 spiro atoms. The number of carbonyl (C=O) groups excluding carboxylic acids is 1. The van der Waals surface area contributed by atoms with E-state index in [9.17, 15) is 9.18 Å². The number of nitrogens with zero attached hydrogens (tertiary/aromatic N) is 3. The standard InChI is InChI=1S/C21H26FN3O2/c1-23(15-17-5-3-4-6-20(17)22)16-21(26)25-13-11-24(12-14-25)18-7-9-19(27-2)10-8-18/h3-10H,11-16H2,1-2H3. The first-order valence-corrected chi connectivity index (χ1v) is 9.15. The first-order chi connectivity index (χ1) is 13.1. The Balaban J connectivity index is 1.48. The van der Waals surface area contributed by atoms with Gasteiger partial charge in [0, 0.05) is 44.0 Å². The summed E-state index contributed by atoms with van der Waals surface area (Å²) in [5.41, 5.74) is 1.75. The zero-order valence-corrected chi connectivity index (χ0v) is 15.9. The van der Waals surface area contributed by atoms with Crippen molar-refractivity contribution in [2.24, 2.45) is 0 Å². The molecule has 1 fully saturated rings. The Morgan fingerprint density at radius 2 is 1.74 bits per heavy atom. The lowest BCUT2D eigenvalue weighted by Gasteiger charge is -2.36. The maximum Gasteiger partial charge on any atom is 0.236 e. The Bertz CT molecular complexity index is 758. The van der Waals surface area contributed by atoms with Crippen LogP contribution < -0.4 is 9.64 Å². The Morgan fingerprint density at radius 3 is 2.37 bits per heavy atom. The number of anilines is 1. The van der Waals surface area contributed by atoms with Crippen molar-refractivity contribution in [2.75, 3.05) is 51.8 Å². The Labute approximate surface area is 159 Å². The lowest BCUT2D eigenvalue weighted by Crippen LogP contribution is -2.51. The van der Waals surface area contributed by atoms with E-state index >= 15 is 0 Å². The third-order valence-electron chi connectivity index (χ3n) is 4.87. The van der Waals surface area contributed by atoms with Crippen LogP contribution in [0.2, 0.25) is 0 Å². The predicted octanol–water partition coefficient (Wildman–Crippen LogP) is 2.61. The molecule has 0 unspecified atom stereocenters. The number of amides is 1. The molecule has 5 nitrogen and oxygen atoms in total. The van der Waals surface area contributed by atoms with Gasteiger partial charge >= 0.3 is 0 Å². The van der Waals surface area contributed by atoms with Crippen LogP contribution in [0.15, 0.2) is 48.5 Å². The number of piperazine rings is 1. The summed E-state index contributed by atoms with van der Waals surface area (Å²) < 4.78 is 19.0. The molecule has 0 saturated carbocycles. The summed E-state index contributed by atoms with van der Waals surface area (Å²) in [6, 6.07) is 14.7. The summed E-state index contributed by atoms with van der Waals surface area (Å²) in [5.74, 6) is 0.693. The molecule has 1 saturated heterocycles. The number of rotatable bonds is 6. The molecule has 2 aromatic rings. The molecular weight excluding hydrogens is 345 g/mol. The van der Waals surface area contributed by atoms with E-state index in [1.165, 1.54) is 6.07 Å². The summed E-state index contributed by atoms with van der Waals surface area (Å²) >= 11 is 0. The van der Waals surface area contributed by atoms with Gasteiger partial charge in [-0.1, -0.05) is 18.2 Å². The zero-order valence-electron chi connectivity index (χ0n) is 15.9. The van der Waals surface area contributed by atoms with E-state index in [-0.39, 0.29) is 18.3 Å². The van der Waals surface area contributed by atoms with E-state index in [2.05, 4.69) is 4.90 Å². The normalized spacial score (nSPS) is 14.5. The number of methoxy groups -OCH3 is 1. The van der Waals surface area contributed by atoms with Gasteiger partial charge in [0.2, 0.25) is 5.91 Å². The van der Waals surface area contributed by atoms with Gasteiger partial charge in [0.15, 0.2) is 0 Å². The molecule has 1 heterocycles. The van der Waals surface area contributed by atoms with Gasteiger partial charge < -0.3 is 14.5 Å². The largest absolute Gasteiger partial charge is 0.497 e. The number of halogens is 1. The van der Waals surface area contributed by atoms with Crippen molar-refractivity contribution in [3.05, 3.63) is 59.9 Å². The lowest BCUT2D eigenvalue weighted by atomic mass is 10.2. The molecule has 0 aromatic heterocycles. The van der Waals surface area contributed by atoms with Crippen molar-refractivity contribution < 1.29 is 13.9 Å². The summed E-state index contributed by atoms with van der Waals surface area (Å²) in [4.78, 5) is 18.6. The molecular formula is C21H26FN3O2. The quantitative estimate of drug-likeness (QED) is 0.782. The number of likely N-dealkylation sites (N-methyl/N-ethyl adjacent to an activating group) is 1. The van der Waals surface area contributed by atoms with Crippen LogP contribution in [0, 0.1) is 5.82 Å². The maximum atomic E-state index is 13.8. The van der Waals surface area contributed by atoms with Crippen molar-refractivity contribution in [1.29, 1.82) is 0 Å². The van der Waals surface area contributed by atoms with Crippen LogP contribution in [0.1, 0.15) is 5.56 Å². The molecule has 1 aliphatic rings. The van der Waals surface area contributed by atoms with Crippen molar-refractivity contribution in [2.45, 2.75) is 6.54 Å². The maximum absolute atomic E-state index is 13.8. The van der Waals surface area contributed by atoms with Crippen LogP contribution >= 0.6 is 0 Å². The van der Waals surface area contributed by atoms with Gasteiger partial charge in [-0.15, -0.1) is 0 Å². The van der Waals surface area contributed by atoms with Crippen molar-refractivity contribution in [3.8, 4) is 5.75 Å². The highest BCUT2D eigenvalue weighted by Crippen LogP contribution is 2.20. The SMILES string of the molecule is COc1ccc(N2CCN(C(=O)CN(C)Cc3ccccc3F)CC2)cc1. The highest BCUT2D eigenvalue weighted by Gasteiger charge is 2.22. The Morgan fingerprint density at radius 1 is 1.07 bits per heavy atom. The van der Waals surface area contributed by atoms with E-state index < -0.39 is 0 Å². The number of hydrogen-bond donors (Lipinski definition) is 0. The number of hydrogen-bond acceptors (Lipinski definition) is 4. The van der Waals surface area contributed by atoms with E-state index in [4.69, 9.17) is 4.74 Å². The zero-order chi connectivity index (χ0) is 19.2. The average Bonchev–Trinajstić information content (AvgIpc) is 2.70. The summed E-state index contributed by atoms with van der Waals surface area (Å²) in [7, 11) is 3.50. The molecule has 0 N–H and O–H groups in total. The van der Waals surface area contributed by atoms with Crippen molar-refractivity contribution >= 4 is 11.6 Å². The number of carbonyl (C=O) groups is 1. The minimum absolute atomic E-state index is 0.0863. The smallest absolute Gasteiger partial charge is 0.236 e. The van der Waals surface area contributed by atoms with E-state index in [0.717, 1.165) is 24.5 Å². The van der Waals surface area contributed by atoms with Gasteiger partial charge in [0.25, 0.3) is 0 Å². The second-order valence-corrected chi connectivity index (χ2v) is 6.83. The highest BCUT2D eigenvalue weighted by atomic mass is 19.1. The molecule has 0 aliphatic carbocycles. The van der Waals surface area contributed by atoms with Crippen molar-refractivity contribution in [3.63, 3.8) is 0 Å². The highest BCUT2D eigenvalue weighted by molar-refractivity contribution is 5.78. The first-order valence-electron chi connectivity index (χ1n) is 9.15. The van der Waals surface area contributed by atoms with Gasteiger partial charge in [-0.05, 0) is 37.4 Å². The van der Waals surface area contributed by atoms with Gasteiger partial charge in [-0.2, -0.15) is 0 Å². The summed E-state index contributed by atoms with van der Waals surface area (Å²) in [6.45, 7) is 3.70. The lowest BCUT2D eigenvalue weighted by molar-refractivity contribution is -0.132. The molecule has 6 heteroatoms. The molecule has 3 rings (SSSR count). The van der Waals surface area contributed by atoms with E-state index in [1.54, 1.807) is 19.2 Å². The number of benzene rings is 2. The van der Waals surface area contributed by atoms with E-state index in [1.807, 2.05) is 47.2 Å². The van der Waals surface area contributed by atoms with Crippen LogP contribution in [0.25, 0.3) is 0 Å². The van der Waals surface area contributed by atoms with Crippen LogP contribution in [0.3, 0.4) is 0 Å². The molecule has 144 valence electrons. The molecule has 0 bridgehead atoms. The minimum Gasteiger partial charge on any atom is -0.497 e. The summed E-state index contributed by atoms with van der Waals surface area (Å²) in [6.07, 6.45) is 0. The van der Waals surface area contributed by atoms with Gasteiger partial charge in [-0.3, -0.25) is 9.69 Å². The monoisotopic (exact) mass is 371 g/mol. The fourth-order valence-corrected chi connectivity index (χ4v) is 3.31. The molecule has 1 amide bonds. The molecule has 27 heavy (non-hydrogen) atoms. The van der Waals surface area contributed by atoms with Gasteiger partial charge in [0.1, 0.15) is 11.6 Å². The van der Waals surface area contributed by atoms with Crippen molar-refractivity contribution in [1.82, 2.24) is 9.80 Å². The fourth-order valence-electron chi connectivity index (χ4n) is 3.31. The Kier molecular flexibility index (Phi) is 6.29. The predicted molar refractivity (Wildman–Crippen MR) is 105 cm³/mol.